The maximum absolute atomic E-state index is 5.50. The minimum Gasteiger partial charge on any atom is -0.497 e. The number of allylic oxidation sites excluding steroid dienone is 3. The Hall–Kier alpha value is -1.02. The summed E-state index contributed by atoms with van der Waals surface area (Å²) in [5, 5.41) is 0. The smallest absolute Gasteiger partial charge is 0.121 e. The standard InChI is InChI=1S/C11H19NO/c1-5-10(7-8-12)9(3)11(6-2)13-4/h5-6H,2,7-8,12H2,1,3-4H3/b10-5-,11-9+. The summed E-state index contributed by atoms with van der Waals surface area (Å²) < 4.78 is 5.17. The van der Waals surface area contributed by atoms with Crippen molar-refractivity contribution >= 4 is 0 Å². The van der Waals surface area contributed by atoms with Crippen LogP contribution in [0.25, 0.3) is 0 Å². The molecule has 0 bridgehead atoms. The number of hydrogen-bond acceptors (Lipinski definition) is 2. The maximum Gasteiger partial charge on any atom is 0.121 e. The molecule has 0 unspecified atom stereocenters. The molecular formula is C11H19NO. The van der Waals surface area contributed by atoms with E-state index in [9.17, 15) is 0 Å². The molecule has 0 radical (unpaired) electrons. The van der Waals surface area contributed by atoms with Crippen molar-refractivity contribution in [2.24, 2.45) is 5.73 Å². The molecule has 0 aromatic carbocycles. The summed E-state index contributed by atoms with van der Waals surface area (Å²) in [6, 6.07) is 0. The fourth-order valence-electron chi connectivity index (χ4n) is 1.25. The van der Waals surface area contributed by atoms with E-state index in [2.05, 4.69) is 12.7 Å². The van der Waals surface area contributed by atoms with E-state index in [4.69, 9.17) is 10.5 Å². The molecule has 0 aromatic rings. The molecule has 0 rings (SSSR count). The zero-order valence-electron chi connectivity index (χ0n) is 8.76. The summed E-state index contributed by atoms with van der Waals surface area (Å²) in [5.41, 5.74) is 7.83. The van der Waals surface area contributed by atoms with Gasteiger partial charge in [-0.25, -0.2) is 0 Å². The topological polar surface area (TPSA) is 35.2 Å². The molecule has 13 heavy (non-hydrogen) atoms. The Morgan fingerprint density at radius 2 is 2.15 bits per heavy atom. The number of nitrogens with two attached hydrogens (primary N) is 1. The molecule has 0 fully saturated rings. The van der Waals surface area contributed by atoms with Crippen molar-refractivity contribution in [2.75, 3.05) is 13.7 Å². The first kappa shape index (κ1) is 12.0. The lowest BCUT2D eigenvalue weighted by Crippen LogP contribution is -2.02. The molecule has 2 heteroatoms. The fraction of sp³-hybridized carbons (Fsp3) is 0.455. The lowest BCUT2D eigenvalue weighted by molar-refractivity contribution is 0.303. The summed E-state index contributed by atoms with van der Waals surface area (Å²) in [4.78, 5) is 0. The molecule has 0 aliphatic carbocycles. The summed E-state index contributed by atoms with van der Waals surface area (Å²) in [7, 11) is 1.65. The number of ether oxygens (including phenoxy) is 1. The molecular weight excluding hydrogens is 162 g/mol. The average Bonchev–Trinajstić information content (AvgIpc) is 2.15. The van der Waals surface area contributed by atoms with Gasteiger partial charge in [-0.3, -0.25) is 0 Å². The van der Waals surface area contributed by atoms with E-state index >= 15 is 0 Å². The molecule has 0 aromatic heterocycles. The Balaban J connectivity index is 4.79. The highest BCUT2D eigenvalue weighted by Gasteiger charge is 2.03. The Kier molecular flexibility index (Phi) is 5.98. The summed E-state index contributed by atoms with van der Waals surface area (Å²) in [6.45, 7) is 8.37. The van der Waals surface area contributed by atoms with Gasteiger partial charge in [0.1, 0.15) is 5.76 Å². The van der Waals surface area contributed by atoms with Gasteiger partial charge in [-0.2, -0.15) is 0 Å². The Bertz CT molecular complexity index is 226. The highest BCUT2D eigenvalue weighted by atomic mass is 16.5. The Morgan fingerprint density at radius 3 is 2.46 bits per heavy atom. The van der Waals surface area contributed by atoms with Gasteiger partial charge in [0.05, 0.1) is 7.11 Å². The van der Waals surface area contributed by atoms with Gasteiger partial charge < -0.3 is 10.5 Å². The molecule has 0 aliphatic rings. The number of methoxy groups -OCH3 is 1. The maximum atomic E-state index is 5.50. The second-order valence-electron chi connectivity index (χ2n) is 2.75. The van der Waals surface area contributed by atoms with Crippen molar-refractivity contribution < 1.29 is 4.74 Å². The zero-order chi connectivity index (χ0) is 10.3. The summed E-state index contributed by atoms with van der Waals surface area (Å²) in [5.74, 6) is 0.821. The lowest BCUT2D eigenvalue weighted by atomic mass is 10.0. The SMILES string of the molecule is C=C/C(OC)=C(C)\C(=C/C)CCN. The van der Waals surface area contributed by atoms with Crippen molar-refractivity contribution in [3.63, 3.8) is 0 Å². The zero-order valence-corrected chi connectivity index (χ0v) is 8.76. The van der Waals surface area contributed by atoms with Crippen LogP contribution in [-0.4, -0.2) is 13.7 Å². The van der Waals surface area contributed by atoms with E-state index in [1.807, 2.05) is 13.8 Å². The van der Waals surface area contributed by atoms with Gasteiger partial charge in [-0.15, -0.1) is 0 Å². The normalized spacial score (nSPS) is 13.7. The third-order valence-corrected chi connectivity index (χ3v) is 2.02. The van der Waals surface area contributed by atoms with Gasteiger partial charge in [0, 0.05) is 0 Å². The predicted octanol–water partition coefficient (Wildman–Crippen LogP) is 2.39. The quantitative estimate of drug-likeness (QED) is 0.522. The molecule has 2 N–H and O–H groups in total. The Labute approximate surface area is 80.8 Å². The van der Waals surface area contributed by atoms with Gasteiger partial charge in [0.25, 0.3) is 0 Å². The van der Waals surface area contributed by atoms with Crippen LogP contribution in [0.1, 0.15) is 20.3 Å². The minimum atomic E-state index is 0.658. The number of hydrogen-bond donors (Lipinski definition) is 1. The third-order valence-electron chi connectivity index (χ3n) is 2.02. The van der Waals surface area contributed by atoms with E-state index < -0.39 is 0 Å². The summed E-state index contributed by atoms with van der Waals surface area (Å²) in [6.07, 6.45) is 4.66. The van der Waals surface area contributed by atoms with E-state index in [0.717, 1.165) is 17.8 Å². The van der Waals surface area contributed by atoms with Crippen LogP contribution in [0.2, 0.25) is 0 Å². The van der Waals surface area contributed by atoms with Crippen LogP contribution in [-0.2, 0) is 4.74 Å². The van der Waals surface area contributed by atoms with E-state index in [-0.39, 0.29) is 0 Å². The third kappa shape index (κ3) is 3.47. The Morgan fingerprint density at radius 1 is 1.54 bits per heavy atom. The van der Waals surface area contributed by atoms with Crippen molar-refractivity contribution in [1.29, 1.82) is 0 Å². The van der Waals surface area contributed by atoms with Crippen LogP contribution in [0, 0.1) is 0 Å². The van der Waals surface area contributed by atoms with Crippen LogP contribution < -0.4 is 5.73 Å². The molecule has 74 valence electrons. The number of rotatable bonds is 5. The highest BCUT2D eigenvalue weighted by Crippen LogP contribution is 2.18. The van der Waals surface area contributed by atoms with Gasteiger partial charge >= 0.3 is 0 Å². The molecule has 0 saturated heterocycles. The molecule has 0 atom stereocenters. The van der Waals surface area contributed by atoms with Gasteiger partial charge in [0.2, 0.25) is 0 Å². The lowest BCUT2D eigenvalue weighted by Gasteiger charge is -2.10. The minimum absolute atomic E-state index is 0.658. The van der Waals surface area contributed by atoms with E-state index in [1.165, 1.54) is 5.57 Å². The van der Waals surface area contributed by atoms with Crippen molar-refractivity contribution in [3.05, 3.63) is 35.6 Å². The first-order valence-corrected chi connectivity index (χ1v) is 4.44. The van der Waals surface area contributed by atoms with Crippen LogP contribution in [0.15, 0.2) is 35.6 Å². The second kappa shape index (κ2) is 6.49. The van der Waals surface area contributed by atoms with E-state index in [1.54, 1.807) is 13.2 Å². The summed E-state index contributed by atoms with van der Waals surface area (Å²) >= 11 is 0. The molecule has 0 heterocycles. The molecule has 2 nitrogen and oxygen atoms in total. The first-order valence-electron chi connectivity index (χ1n) is 4.44. The monoisotopic (exact) mass is 181 g/mol. The van der Waals surface area contributed by atoms with Gasteiger partial charge in [-0.05, 0) is 44.0 Å². The van der Waals surface area contributed by atoms with Crippen LogP contribution in [0.5, 0.6) is 0 Å². The van der Waals surface area contributed by atoms with Crippen LogP contribution in [0.3, 0.4) is 0 Å². The largest absolute Gasteiger partial charge is 0.497 e. The van der Waals surface area contributed by atoms with Crippen molar-refractivity contribution in [1.82, 2.24) is 0 Å². The molecule has 0 spiro atoms. The van der Waals surface area contributed by atoms with Crippen molar-refractivity contribution in [2.45, 2.75) is 20.3 Å². The average molecular weight is 181 g/mol. The van der Waals surface area contributed by atoms with Crippen molar-refractivity contribution in [3.8, 4) is 0 Å². The van der Waals surface area contributed by atoms with E-state index in [0.29, 0.717) is 6.54 Å². The predicted molar refractivity (Wildman–Crippen MR) is 57.3 cm³/mol. The van der Waals surface area contributed by atoms with Crippen LogP contribution >= 0.6 is 0 Å². The van der Waals surface area contributed by atoms with Gasteiger partial charge in [0.15, 0.2) is 0 Å². The first-order chi connectivity index (χ1) is 6.21. The van der Waals surface area contributed by atoms with Gasteiger partial charge in [-0.1, -0.05) is 12.7 Å². The second-order valence-corrected chi connectivity index (χ2v) is 2.75. The molecule has 0 amide bonds. The highest BCUT2D eigenvalue weighted by molar-refractivity contribution is 5.35. The molecule has 0 saturated carbocycles. The molecule has 0 aliphatic heterocycles. The van der Waals surface area contributed by atoms with Crippen LogP contribution in [0.4, 0.5) is 0 Å². The fourth-order valence-corrected chi connectivity index (χ4v) is 1.25.